The molecule has 0 fully saturated rings. The lowest BCUT2D eigenvalue weighted by Crippen LogP contribution is -2.24. The third kappa shape index (κ3) is 4.66. The van der Waals surface area contributed by atoms with Gasteiger partial charge in [-0.25, -0.2) is 0 Å². The van der Waals surface area contributed by atoms with Crippen molar-refractivity contribution >= 4 is 23.3 Å². The molecule has 1 aromatic carbocycles. The van der Waals surface area contributed by atoms with Crippen LogP contribution in [0.25, 0.3) is 0 Å². The topological polar surface area (TPSA) is 71.1 Å². The third-order valence-electron chi connectivity index (χ3n) is 3.16. The molecule has 0 bridgehead atoms. The summed E-state index contributed by atoms with van der Waals surface area (Å²) in [5, 5.41) is 7.43. The number of carbonyl (C=O) groups is 2. The lowest BCUT2D eigenvalue weighted by Gasteiger charge is -2.06. The first-order valence-electron chi connectivity index (χ1n) is 7.26. The van der Waals surface area contributed by atoms with Gasteiger partial charge in [0.1, 0.15) is 5.69 Å². The Morgan fingerprint density at radius 3 is 2.50 bits per heavy atom. The number of aromatic nitrogens is 1. The van der Waals surface area contributed by atoms with Crippen LogP contribution in [-0.2, 0) is 6.54 Å². The molecule has 2 aromatic rings. The molecule has 2 amide bonds. The average molecular weight is 317 g/mol. The monoisotopic (exact) mass is 317 g/mol. The highest BCUT2D eigenvalue weighted by Crippen LogP contribution is 2.05. The lowest BCUT2D eigenvalue weighted by molar-refractivity contribution is 0.0940. The molecule has 5 nitrogen and oxygen atoms in total. The van der Waals surface area contributed by atoms with Gasteiger partial charge in [0.05, 0.1) is 0 Å². The average Bonchev–Trinajstić information content (AvgIpc) is 3.08. The molecule has 1 heterocycles. The predicted octanol–water partition coefficient (Wildman–Crippen LogP) is 2.60. The minimum atomic E-state index is -0.192. The Hall–Kier alpha value is -2.21. The van der Waals surface area contributed by atoms with Crippen LogP contribution in [0.5, 0.6) is 0 Å². The summed E-state index contributed by atoms with van der Waals surface area (Å²) < 4.78 is 3.98. The largest absolute Gasteiger partial charge is 0.352 e. The van der Waals surface area contributed by atoms with E-state index in [0.29, 0.717) is 24.3 Å². The number of rotatable bonds is 7. The Labute approximate surface area is 133 Å². The number of carbonyl (C=O) groups excluding carboxylic acids is 2. The Bertz CT molecular complexity index is 609. The summed E-state index contributed by atoms with van der Waals surface area (Å²) in [6.07, 6.45) is 2.03. The van der Waals surface area contributed by atoms with E-state index in [1.807, 2.05) is 12.1 Å². The van der Waals surface area contributed by atoms with Crippen molar-refractivity contribution in [3.8, 4) is 0 Å². The summed E-state index contributed by atoms with van der Waals surface area (Å²) in [6.45, 7) is 3.19. The Kier molecular flexibility index (Phi) is 6.09. The smallest absolute Gasteiger partial charge is 0.271 e. The number of nitrogens with zero attached hydrogens (tertiary/aromatic N) is 1. The van der Waals surface area contributed by atoms with Gasteiger partial charge in [-0.15, -0.1) is 0 Å². The standard InChI is InChI=1S/C16H19N3O2S/c1-2-3-9-17-15(20)13-6-4-12(5-7-13)11-18-16(21)14-8-10-22-19-14/h4-8,10H,2-3,9,11H2,1H3,(H,17,20)(H,18,21). The van der Waals surface area contributed by atoms with Crippen molar-refractivity contribution in [1.29, 1.82) is 0 Å². The Balaban J connectivity index is 1.84. The van der Waals surface area contributed by atoms with Gasteiger partial charge in [0.25, 0.3) is 11.8 Å². The Morgan fingerprint density at radius 2 is 1.86 bits per heavy atom. The zero-order valence-electron chi connectivity index (χ0n) is 12.5. The fourth-order valence-corrected chi connectivity index (χ4v) is 2.37. The number of benzene rings is 1. The van der Waals surface area contributed by atoms with Crippen molar-refractivity contribution in [2.75, 3.05) is 6.54 Å². The number of unbranched alkanes of at least 4 members (excludes halogenated alkanes) is 1. The van der Waals surface area contributed by atoms with Crippen molar-refractivity contribution in [3.63, 3.8) is 0 Å². The van der Waals surface area contributed by atoms with Crippen LogP contribution in [0.2, 0.25) is 0 Å². The van der Waals surface area contributed by atoms with E-state index >= 15 is 0 Å². The van der Waals surface area contributed by atoms with Crippen molar-refractivity contribution in [2.24, 2.45) is 0 Å². The molecule has 0 aliphatic rings. The van der Waals surface area contributed by atoms with Crippen molar-refractivity contribution < 1.29 is 9.59 Å². The Morgan fingerprint density at radius 1 is 1.09 bits per heavy atom. The summed E-state index contributed by atoms with van der Waals surface area (Å²) in [6, 6.07) is 8.91. The fourth-order valence-electron chi connectivity index (χ4n) is 1.86. The molecule has 0 aliphatic heterocycles. The van der Waals surface area contributed by atoms with Crippen molar-refractivity contribution in [2.45, 2.75) is 26.3 Å². The molecule has 6 heteroatoms. The maximum Gasteiger partial charge on any atom is 0.271 e. The highest BCUT2D eigenvalue weighted by atomic mass is 32.1. The van der Waals surface area contributed by atoms with Crippen molar-refractivity contribution in [3.05, 3.63) is 52.5 Å². The maximum atomic E-state index is 11.9. The number of hydrogen-bond acceptors (Lipinski definition) is 4. The first kappa shape index (κ1) is 16.2. The van der Waals surface area contributed by atoms with E-state index in [9.17, 15) is 9.59 Å². The summed E-state index contributed by atoms with van der Waals surface area (Å²) in [5.41, 5.74) is 2.00. The maximum absolute atomic E-state index is 11.9. The highest BCUT2D eigenvalue weighted by molar-refractivity contribution is 7.03. The van der Waals surface area contributed by atoms with Gasteiger partial charge in [0.2, 0.25) is 0 Å². The second-order valence-electron chi connectivity index (χ2n) is 4.87. The second-order valence-corrected chi connectivity index (χ2v) is 5.54. The summed E-state index contributed by atoms with van der Waals surface area (Å²) >= 11 is 1.25. The minimum Gasteiger partial charge on any atom is -0.352 e. The van der Waals surface area contributed by atoms with E-state index in [1.165, 1.54) is 11.5 Å². The minimum absolute atomic E-state index is 0.0634. The van der Waals surface area contributed by atoms with Crippen LogP contribution < -0.4 is 10.6 Å². The van der Waals surface area contributed by atoms with E-state index in [-0.39, 0.29) is 11.8 Å². The van der Waals surface area contributed by atoms with Crippen LogP contribution in [0, 0.1) is 0 Å². The summed E-state index contributed by atoms with van der Waals surface area (Å²) in [4.78, 5) is 23.6. The molecule has 0 atom stereocenters. The molecular weight excluding hydrogens is 298 g/mol. The van der Waals surface area contributed by atoms with Gasteiger partial charge in [-0.3, -0.25) is 9.59 Å². The van der Waals surface area contributed by atoms with Crippen LogP contribution in [0.4, 0.5) is 0 Å². The fraction of sp³-hybridized carbons (Fsp3) is 0.312. The van der Waals surface area contributed by atoms with E-state index in [2.05, 4.69) is 21.9 Å². The normalized spacial score (nSPS) is 10.2. The molecule has 0 unspecified atom stereocenters. The van der Waals surface area contributed by atoms with E-state index in [4.69, 9.17) is 0 Å². The van der Waals surface area contributed by atoms with Crippen LogP contribution in [-0.4, -0.2) is 22.7 Å². The summed E-state index contributed by atoms with van der Waals surface area (Å²) in [7, 11) is 0. The zero-order chi connectivity index (χ0) is 15.8. The number of nitrogens with one attached hydrogen (secondary N) is 2. The first-order chi connectivity index (χ1) is 10.7. The molecule has 1 aromatic heterocycles. The lowest BCUT2D eigenvalue weighted by atomic mass is 10.1. The van der Waals surface area contributed by atoms with E-state index in [0.717, 1.165) is 18.4 Å². The molecular formula is C16H19N3O2S. The van der Waals surface area contributed by atoms with Gasteiger partial charge in [-0.2, -0.15) is 4.37 Å². The van der Waals surface area contributed by atoms with Gasteiger partial charge < -0.3 is 10.6 Å². The molecule has 0 spiro atoms. The van der Waals surface area contributed by atoms with Crippen LogP contribution in [0.1, 0.15) is 46.2 Å². The van der Waals surface area contributed by atoms with E-state index in [1.54, 1.807) is 23.6 Å². The van der Waals surface area contributed by atoms with Crippen LogP contribution >= 0.6 is 11.5 Å². The van der Waals surface area contributed by atoms with Crippen LogP contribution in [0.3, 0.4) is 0 Å². The molecule has 0 saturated heterocycles. The highest BCUT2D eigenvalue weighted by Gasteiger charge is 2.08. The van der Waals surface area contributed by atoms with Gasteiger partial charge in [0, 0.05) is 24.0 Å². The van der Waals surface area contributed by atoms with Gasteiger partial charge >= 0.3 is 0 Å². The first-order valence-corrected chi connectivity index (χ1v) is 8.10. The zero-order valence-corrected chi connectivity index (χ0v) is 13.3. The predicted molar refractivity (Wildman–Crippen MR) is 87.0 cm³/mol. The van der Waals surface area contributed by atoms with Gasteiger partial charge in [-0.05, 0) is 41.7 Å². The summed E-state index contributed by atoms with van der Waals surface area (Å²) in [5.74, 6) is -0.255. The quantitative estimate of drug-likeness (QED) is 0.771. The second kappa shape index (κ2) is 8.29. The van der Waals surface area contributed by atoms with Crippen LogP contribution in [0.15, 0.2) is 35.7 Å². The molecule has 0 saturated carbocycles. The van der Waals surface area contributed by atoms with Crippen molar-refractivity contribution in [1.82, 2.24) is 15.0 Å². The molecule has 22 heavy (non-hydrogen) atoms. The SMILES string of the molecule is CCCCNC(=O)c1ccc(CNC(=O)c2ccsn2)cc1. The molecule has 0 radical (unpaired) electrons. The molecule has 0 aliphatic carbocycles. The molecule has 2 N–H and O–H groups in total. The number of hydrogen-bond donors (Lipinski definition) is 2. The third-order valence-corrected chi connectivity index (χ3v) is 3.72. The van der Waals surface area contributed by atoms with Gasteiger partial charge in [0.15, 0.2) is 0 Å². The molecule has 116 valence electrons. The molecule has 2 rings (SSSR count). The number of amides is 2. The van der Waals surface area contributed by atoms with Gasteiger partial charge in [-0.1, -0.05) is 25.5 Å². The van der Waals surface area contributed by atoms with E-state index < -0.39 is 0 Å².